The van der Waals surface area contributed by atoms with E-state index in [9.17, 15) is 0 Å². The molecule has 0 heterocycles. The van der Waals surface area contributed by atoms with Crippen LogP contribution in [-0.4, -0.2) is 37.1 Å². The van der Waals surface area contributed by atoms with Crippen LogP contribution < -0.4 is 5.32 Å². The van der Waals surface area contributed by atoms with E-state index in [0.717, 1.165) is 12.0 Å². The molecule has 0 aromatic rings. The average molecular weight is 240 g/mol. The van der Waals surface area contributed by atoms with E-state index in [2.05, 4.69) is 38.0 Å². The minimum Gasteiger partial charge on any atom is -0.315 e. The third kappa shape index (κ3) is 4.59. The molecular formula is C15H32N2. The normalized spacial score (nSPS) is 21.7. The van der Waals surface area contributed by atoms with E-state index >= 15 is 0 Å². The Bertz CT molecular complexity index is 187. The van der Waals surface area contributed by atoms with Crippen molar-refractivity contribution in [3.05, 3.63) is 0 Å². The van der Waals surface area contributed by atoms with Gasteiger partial charge in [0.15, 0.2) is 0 Å². The van der Waals surface area contributed by atoms with Gasteiger partial charge in [-0.25, -0.2) is 0 Å². The van der Waals surface area contributed by atoms with E-state index < -0.39 is 0 Å². The summed E-state index contributed by atoms with van der Waals surface area (Å²) in [5.74, 6) is 0.776. The predicted molar refractivity (Wildman–Crippen MR) is 76.4 cm³/mol. The summed E-state index contributed by atoms with van der Waals surface area (Å²) in [6.07, 6.45) is 8.45. The molecule has 1 aliphatic rings. The van der Waals surface area contributed by atoms with Gasteiger partial charge in [-0.1, -0.05) is 46.5 Å². The second kappa shape index (κ2) is 8.10. The maximum Gasteiger partial charge on any atom is 0.0217 e. The highest BCUT2D eigenvalue weighted by atomic mass is 15.2. The Labute approximate surface area is 108 Å². The Morgan fingerprint density at radius 1 is 1.18 bits per heavy atom. The van der Waals surface area contributed by atoms with Crippen molar-refractivity contribution in [3.8, 4) is 0 Å². The molecule has 2 atom stereocenters. The second-order valence-electron chi connectivity index (χ2n) is 5.66. The fourth-order valence-corrected chi connectivity index (χ4v) is 3.08. The molecule has 0 bridgehead atoms. The van der Waals surface area contributed by atoms with Gasteiger partial charge in [0.05, 0.1) is 0 Å². The first-order valence-electron chi connectivity index (χ1n) is 7.64. The molecule has 0 amide bonds. The molecule has 1 aliphatic carbocycles. The molecule has 2 heteroatoms. The number of rotatable bonds is 7. The van der Waals surface area contributed by atoms with Crippen LogP contribution in [0.4, 0.5) is 0 Å². The molecule has 2 unspecified atom stereocenters. The molecule has 1 N–H and O–H groups in total. The molecular weight excluding hydrogens is 208 g/mol. The van der Waals surface area contributed by atoms with Gasteiger partial charge in [0.1, 0.15) is 0 Å². The highest BCUT2D eigenvalue weighted by molar-refractivity contribution is 4.81. The lowest BCUT2D eigenvalue weighted by Gasteiger charge is -2.37. The van der Waals surface area contributed by atoms with Crippen LogP contribution in [0, 0.1) is 5.92 Å². The quantitative estimate of drug-likeness (QED) is 0.735. The van der Waals surface area contributed by atoms with E-state index in [1.807, 2.05) is 0 Å². The molecule has 0 saturated heterocycles. The number of nitrogens with zero attached hydrogens (tertiary/aromatic N) is 1. The van der Waals surface area contributed by atoms with Crippen LogP contribution in [-0.2, 0) is 0 Å². The molecule has 102 valence electrons. The molecule has 1 fully saturated rings. The van der Waals surface area contributed by atoms with Crippen molar-refractivity contribution < 1.29 is 0 Å². The van der Waals surface area contributed by atoms with E-state index in [0.29, 0.717) is 6.04 Å². The van der Waals surface area contributed by atoms with Gasteiger partial charge < -0.3 is 5.32 Å². The smallest absolute Gasteiger partial charge is 0.0217 e. The van der Waals surface area contributed by atoms with E-state index in [1.165, 1.54) is 51.6 Å². The molecule has 0 radical (unpaired) electrons. The van der Waals surface area contributed by atoms with E-state index in [4.69, 9.17) is 0 Å². The zero-order chi connectivity index (χ0) is 12.7. The van der Waals surface area contributed by atoms with Crippen LogP contribution >= 0.6 is 0 Å². The van der Waals surface area contributed by atoms with Crippen LogP contribution in [0.5, 0.6) is 0 Å². The third-order valence-corrected chi connectivity index (χ3v) is 4.63. The zero-order valence-electron chi connectivity index (χ0n) is 12.3. The summed E-state index contributed by atoms with van der Waals surface area (Å²) >= 11 is 0. The van der Waals surface area contributed by atoms with E-state index in [-0.39, 0.29) is 0 Å². The van der Waals surface area contributed by atoms with Crippen LogP contribution in [0.1, 0.15) is 59.3 Å². The van der Waals surface area contributed by atoms with Crippen molar-refractivity contribution in [3.63, 3.8) is 0 Å². The first-order chi connectivity index (χ1) is 8.22. The maximum atomic E-state index is 3.51. The van der Waals surface area contributed by atoms with Crippen molar-refractivity contribution in [2.24, 2.45) is 5.92 Å². The molecule has 17 heavy (non-hydrogen) atoms. The van der Waals surface area contributed by atoms with Crippen molar-refractivity contribution in [2.75, 3.05) is 20.1 Å². The van der Waals surface area contributed by atoms with Crippen LogP contribution in [0.25, 0.3) is 0 Å². The van der Waals surface area contributed by atoms with Gasteiger partial charge in [-0.2, -0.15) is 0 Å². The Balaban J connectivity index is 2.48. The summed E-state index contributed by atoms with van der Waals surface area (Å²) in [7, 11) is 2.12. The van der Waals surface area contributed by atoms with Gasteiger partial charge in [-0.05, 0) is 32.4 Å². The van der Waals surface area contributed by atoms with Gasteiger partial charge in [0.2, 0.25) is 0 Å². The largest absolute Gasteiger partial charge is 0.315 e. The molecule has 0 aliphatic heterocycles. The number of hydrogen-bond acceptors (Lipinski definition) is 2. The first-order valence-corrected chi connectivity index (χ1v) is 7.64. The summed E-state index contributed by atoms with van der Waals surface area (Å²) in [4.78, 5) is 2.71. The minimum absolute atomic E-state index is 0.655. The lowest BCUT2D eigenvalue weighted by Crippen LogP contribution is -2.47. The standard InChI is InChI=1S/C15H32N2/c1-5-13(3)15(16-4)12-17(6-2)14-10-8-7-9-11-14/h13-16H,5-12H2,1-4H3. The highest BCUT2D eigenvalue weighted by Gasteiger charge is 2.23. The second-order valence-corrected chi connectivity index (χ2v) is 5.66. The van der Waals surface area contributed by atoms with Crippen molar-refractivity contribution >= 4 is 0 Å². The highest BCUT2D eigenvalue weighted by Crippen LogP contribution is 2.23. The summed E-state index contributed by atoms with van der Waals surface area (Å²) in [6, 6.07) is 1.51. The monoisotopic (exact) mass is 240 g/mol. The van der Waals surface area contributed by atoms with Crippen LogP contribution in [0.2, 0.25) is 0 Å². The number of hydrogen-bond donors (Lipinski definition) is 1. The van der Waals surface area contributed by atoms with Gasteiger partial charge in [0, 0.05) is 18.6 Å². The molecule has 0 spiro atoms. The van der Waals surface area contributed by atoms with Gasteiger partial charge in [-0.15, -0.1) is 0 Å². The average Bonchev–Trinajstić information content (AvgIpc) is 2.40. The molecule has 1 saturated carbocycles. The Morgan fingerprint density at radius 2 is 1.82 bits per heavy atom. The molecule has 1 rings (SSSR count). The first kappa shape index (κ1) is 15.0. The van der Waals surface area contributed by atoms with Gasteiger partial charge in [0.25, 0.3) is 0 Å². The van der Waals surface area contributed by atoms with E-state index in [1.54, 1.807) is 0 Å². The van der Waals surface area contributed by atoms with Crippen LogP contribution in [0.15, 0.2) is 0 Å². The molecule has 0 aromatic carbocycles. The Hall–Kier alpha value is -0.0800. The Morgan fingerprint density at radius 3 is 2.29 bits per heavy atom. The predicted octanol–water partition coefficient (Wildman–Crippen LogP) is 3.28. The topological polar surface area (TPSA) is 15.3 Å². The fourth-order valence-electron chi connectivity index (χ4n) is 3.08. The third-order valence-electron chi connectivity index (χ3n) is 4.63. The fraction of sp³-hybridized carbons (Fsp3) is 1.00. The summed E-state index contributed by atoms with van der Waals surface area (Å²) < 4.78 is 0. The Kier molecular flexibility index (Phi) is 7.14. The summed E-state index contributed by atoms with van der Waals surface area (Å²) in [5, 5.41) is 3.51. The van der Waals surface area contributed by atoms with Crippen molar-refractivity contribution in [2.45, 2.75) is 71.4 Å². The molecule has 0 aromatic heterocycles. The van der Waals surface area contributed by atoms with Gasteiger partial charge >= 0.3 is 0 Å². The number of likely N-dealkylation sites (N-methyl/N-ethyl adjacent to an activating group) is 2. The minimum atomic E-state index is 0.655. The zero-order valence-corrected chi connectivity index (χ0v) is 12.3. The van der Waals surface area contributed by atoms with Crippen LogP contribution in [0.3, 0.4) is 0 Å². The van der Waals surface area contributed by atoms with Gasteiger partial charge in [-0.3, -0.25) is 4.90 Å². The lowest BCUT2D eigenvalue weighted by molar-refractivity contribution is 0.136. The van der Waals surface area contributed by atoms with Crippen molar-refractivity contribution in [1.82, 2.24) is 10.2 Å². The summed E-state index contributed by atoms with van der Waals surface area (Å²) in [5.41, 5.74) is 0. The summed E-state index contributed by atoms with van der Waals surface area (Å²) in [6.45, 7) is 9.42. The number of nitrogens with one attached hydrogen (secondary N) is 1. The maximum absolute atomic E-state index is 3.51. The van der Waals surface area contributed by atoms with Crippen molar-refractivity contribution in [1.29, 1.82) is 0 Å². The SMILES string of the molecule is CCC(C)C(CN(CC)C1CCCCC1)NC. The lowest BCUT2D eigenvalue weighted by atomic mass is 9.92. The molecule has 2 nitrogen and oxygen atoms in total.